The summed E-state index contributed by atoms with van der Waals surface area (Å²) in [5.74, 6) is 0.189. The smallest absolute Gasteiger partial charge is 0.253 e. The number of rotatable bonds is 2. The summed E-state index contributed by atoms with van der Waals surface area (Å²) in [5.41, 5.74) is 3.68. The fraction of sp³-hybridized carbons (Fsp3) is 0.588. The Morgan fingerprint density at radius 1 is 1.20 bits per heavy atom. The van der Waals surface area contributed by atoms with Gasteiger partial charge in [0.25, 0.3) is 5.91 Å². The third-order valence-corrected chi connectivity index (χ3v) is 4.90. The van der Waals surface area contributed by atoms with E-state index >= 15 is 0 Å². The number of carbonyl (C=O) groups is 1. The van der Waals surface area contributed by atoms with E-state index in [1.807, 2.05) is 18.0 Å². The Bertz CT molecular complexity index is 504. The summed E-state index contributed by atoms with van der Waals surface area (Å²) < 4.78 is 0. The average molecular weight is 272 g/mol. The molecule has 0 spiro atoms. The lowest BCUT2D eigenvalue weighted by atomic mass is 10.0. The molecule has 20 heavy (non-hydrogen) atoms. The van der Waals surface area contributed by atoms with Crippen molar-refractivity contribution in [2.45, 2.75) is 38.1 Å². The summed E-state index contributed by atoms with van der Waals surface area (Å²) in [4.78, 5) is 16.9. The van der Waals surface area contributed by atoms with Gasteiger partial charge in [-0.2, -0.15) is 0 Å². The third kappa shape index (κ3) is 2.59. The Kier molecular flexibility index (Phi) is 3.79. The molecule has 108 valence electrons. The van der Waals surface area contributed by atoms with Gasteiger partial charge in [-0.3, -0.25) is 4.79 Å². The zero-order valence-electron chi connectivity index (χ0n) is 12.6. The van der Waals surface area contributed by atoms with Crippen molar-refractivity contribution in [2.75, 3.05) is 27.2 Å². The molecule has 2 aliphatic rings. The van der Waals surface area contributed by atoms with Gasteiger partial charge in [0.05, 0.1) is 0 Å². The van der Waals surface area contributed by atoms with Crippen LogP contribution in [0.5, 0.6) is 0 Å². The van der Waals surface area contributed by atoms with Gasteiger partial charge in [0, 0.05) is 18.7 Å². The van der Waals surface area contributed by atoms with E-state index in [0.29, 0.717) is 6.04 Å². The second-order valence-electron chi connectivity index (χ2n) is 6.29. The van der Waals surface area contributed by atoms with Crippen molar-refractivity contribution >= 4 is 5.91 Å². The van der Waals surface area contributed by atoms with Gasteiger partial charge in [0.15, 0.2) is 0 Å². The Balaban J connectivity index is 1.72. The van der Waals surface area contributed by atoms with Gasteiger partial charge in [-0.15, -0.1) is 0 Å². The number of aryl methyl sites for hydroxylation is 2. The predicted octanol–water partition coefficient (Wildman–Crippen LogP) is 2.34. The number of carbonyl (C=O) groups excluding carboxylic acids is 1. The highest BCUT2D eigenvalue weighted by atomic mass is 16.2. The molecule has 3 nitrogen and oxygen atoms in total. The first-order chi connectivity index (χ1) is 9.65. The molecule has 1 heterocycles. The lowest BCUT2D eigenvalue weighted by molar-refractivity contribution is 0.0659. The first-order valence-corrected chi connectivity index (χ1v) is 7.72. The Hall–Kier alpha value is -1.35. The zero-order chi connectivity index (χ0) is 14.1. The summed E-state index contributed by atoms with van der Waals surface area (Å²) >= 11 is 0. The van der Waals surface area contributed by atoms with Gasteiger partial charge in [-0.1, -0.05) is 6.07 Å². The number of amides is 1. The average Bonchev–Trinajstić information content (AvgIpc) is 2.94. The van der Waals surface area contributed by atoms with Gasteiger partial charge in [-0.05, 0) is 75.5 Å². The van der Waals surface area contributed by atoms with Crippen molar-refractivity contribution in [1.29, 1.82) is 0 Å². The second-order valence-corrected chi connectivity index (χ2v) is 6.29. The number of hydrogen-bond donors (Lipinski definition) is 0. The fourth-order valence-corrected chi connectivity index (χ4v) is 3.46. The topological polar surface area (TPSA) is 23.6 Å². The van der Waals surface area contributed by atoms with Crippen LogP contribution in [0.15, 0.2) is 18.2 Å². The minimum absolute atomic E-state index is 0.189. The van der Waals surface area contributed by atoms with Crippen LogP contribution in [0, 0.1) is 0 Å². The van der Waals surface area contributed by atoms with Gasteiger partial charge in [0.2, 0.25) is 0 Å². The minimum atomic E-state index is 0.189. The number of hydrogen-bond acceptors (Lipinski definition) is 2. The van der Waals surface area contributed by atoms with Crippen molar-refractivity contribution in [3.8, 4) is 0 Å². The number of piperidine rings is 1. The van der Waals surface area contributed by atoms with E-state index in [9.17, 15) is 4.79 Å². The maximum Gasteiger partial charge on any atom is 0.253 e. The first-order valence-electron chi connectivity index (χ1n) is 7.72. The summed E-state index contributed by atoms with van der Waals surface area (Å²) in [5, 5.41) is 0. The molecule has 3 heteroatoms. The highest BCUT2D eigenvalue weighted by molar-refractivity contribution is 5.94. The maximum atomic E-state index is 12.6. The fourth-order valence-electron chi connectivity index (χ4n) is 3.46. The van der Waals surface area contributed by atoms with Gasteiger partial charge in [-0.25, -0.2) is 0 Å². The SMILES string of the molecule is CN1CCC(N(C)C(=O)c2ccc3c(c2)CCC3)CC1. The van der Waals surface area contributed by atoms with Crippen molar-refractivity contribution < 1.29 is 4.79 Å². The lowest BCUT2D eigenvalue weighted by Crippen LogP contribution is -2.44. The van der Waals surface area contributed by atoms with E-state index < -0.39 is 0 Å². The van der Waals surface area contributed by atoms with E-state index in [0.717, 1.165) is 37.9 Å². The number of fused-ring (bicyclic) bond motifs is 1. The molecule has 1 aliphatic heterocycles. The van der Waals surface area contributed by atoms with Gasteiger partial charge in [0.1, 0.15) is 0 Å². The van der Waals surface area contributed by atoms with Crippen molar-refractivity contribution in [3.63, 3.8) is 0 Å². The monoisotopic (exact) mass is 272 g/mol. The molecule has 0 aromatic heterocycles. The summed E-state index contributed by atoms with van der Waals surface area (Å²) in [6.07, 6.45) is 5.72. The van der Waals surface area contributed by atoms with Crippen LogP contribution in [0.25, 0.3) is 0 Å². The highest BCUT2D eigenvalue weighted by Gasteiger charge is 2.25. The Morgan fingerprint density at radius 2 is 1.90 bits per heavy atom. The molecule has 0 atom stereocenters. The molecule has 0 saturated carbocycles. The second kappa shape index (κ2) is 5.57. The molecule has 1 aromatic carbocycles. The zero-order valence-corrected chi connectivity index (χ0v) is 12.6. The summed E-state index contributed by atoms with van der Waals surface area (Å²) in [6, 6.07) is 6.68. The van der Waals surface area contributed by atoms with Gasteiger partial charge < -0.3 is 9.80 Å². The maximum absolute atomic E-state index is 12.6. The lowest BCUT2D eigenvalue weighted by Gasteiger charge is -2.35. The number of nitrogens with zero attached hydrogens (tertiary/aromatic N) is 2. The Labute approximate surface area is 121 Å². The van der Waals surface area contributed by atoms with Crippen LogP contribution >= 0.6 is 0 Å². The van der Waals surface area contributed by atoms with Crippen molar-refractivity contribution in [1.82, 2.24) is 9.80 Å². The molecule has 0 unspecified atom stereocenters. The van der Waals surface area contributed by atoms with Gasteiger partial charge >= 0.3 is 0 Å². The molecular weight excluding hydrogens is 248 g/mol. The number of benzene rings is 1. The standard InChI is InChI=1S/C17H24N2O/c1-18-10-8-16(9-11-18)19(2)17(20)15-7-6-13-4-3-5-14(13)12-15/h6-7,12,16H,3-5,8-11H2,1-2H3. The van der Waals surface area contributed by atoms with E-state index in [1.165, 1.54) is 24.0 Å². The van der Waals surface area contributed by atoms with Crippen LogP contribution in [-0.2, 0) is 12.8 Å². The Morgan fingerprint density at radius 3 is 2.65 bits per heavy atom. The number of likely N-dealkylation sites (tertiary alicyclic amines) is 1. The molecule has 1 aliphatic carbocycles. The molecule has 0 bridgehead atoms. The van der Waals surface area contributed by atoms with Crippen LogP contribution in [0.3, 0.4) is 0 Å². The van der Waals surface area contributed by atoms with Crippen molar-refractivity contribution in [3.05, 3.63) is 34.9 Å². The molecule has 0 N–H and O–H groups in total. The van der Waals surface area contributed by atoms with Crippen LogP contribution in [0.1, 0.15) is 40.7 Å². The van der Waals surface area contributed by atoms with Crippen LogP contribution in [0.4, 0.5) is 0 Å². The predicted molar refractivity (Wildman–Crippen MR) is 81.1 cm³/mol. The van der Waals surface area contributed by atoms with E-state index in [1.54, 1.807) is 0 Å². The molecule has 1 fully saturated rings. The molecule has 0 radical (unpaired) electrons. The van der Waals surface area contributed by atoms with Crippen molar-refractivity contribution in [2.24, 2.45) is 0 Å². The third-order valence-electron chi connectivity index (χ3n) is 4.90. The quantitative estimate of drug-likeness (QED) is 0.825. The molecular formula is C17H24N2O. The highest BCUT2D eigenvalue weighted by Crippen LogP contribution is 2.24. The van der Waals surface area contributed by atoms with E-state index in [-0.39, 0.29) is 5.91 Å². The normalized spacial score (nSPS) is 19.9. The van der Waals surface area contributed by atoms with E-state index in [2.05, 4.69) is 24.1 Å². The van der Waals surface area contributed by atoms with Crippen LogP contribution in [0.2, 0.25) is 0 Å². The minimum Gasteiger partial charge on any atom is -0.339 e. The summed E-state index contributed by atoms with van der Waals surface area (Å²) in [6.45, 7) is 2.18. The van der Waals surface area contributed by atoms with Crippen LogP contribution in [-0.4, -0.2) is 48.9 Å². The van der Waals surface area contributed by atoms with E-state index in [4.69, 9.17) is 0 Å². The molecule has 1 saturated heterocycles. The first kappa shape index (κ1) is 13.6. The summed E-state index contributed by atoms with van der Waals surface area (Å²) in [7, 11) is 4.12. The molecule has 1 aromatic rings. The largest absolute Gasteiger partial charge is 0.339 e. The van der Waals surface area contributed by atoms with Crippen LogP contribution < -0.4 is 0 Å². The molecule has 1 amide bonds. The molecule has 3 rings (SSSR count).